The summed E-state index contributed by atoms with van der Waals surface area (Å²) in [6.07, 6.45) is 4.79. The Bertz CT molecular complexity index is 1290. The van der Waals surface area contributed by atoms with E-state index in [0.717, 1.165) is 37.6 Å². The highest BCUT2D eigenvalue weighted by Gasteiger charge is 2.17. The Morgan fingerprint density at radius 3 is 2.56 bits per heavy atom. The van der Waals surface area contributed by atoms with E-state index in [1.54, 1.807) is 37.5 Å². The van der Waals surface area contributed by atoms with E-state index in [9.17, 15) is 4.79 Å². The van der Waals surface area contributed by atoms with Gasteiger partial charge in [0, 0.05) is 56.2 Å². The van der Waals surface area contributed by atoms with E-state index in [1.165, 1.54) is 12.3 Å². The molecule has 1 aliphatic heterocycles. The number of amides is 1. The molecule has 1 fully saturated rings. The third-order valence-electron chi connectivity index (χ3n) is 6.09. The number of nitrogens with one attached hydrogen (secondary N) is 2. The first-order valence-electron chi connectivity index (χ1n) is 12.6. The largest absolute Gasteiger partial charge is 0.494 e. The standard InChI is InChI=1S/C28H34ClN7O3/c1-34(2)13-5-6-26(37)31-20-7-10-22(11-8-20)39-27-23(29)19-30-28(33-27)32-24-12-9-21(18-25(24)38-4)36-16-14-35(3)15-17-36/h5-12,18-19H,13-17H2,1-4H3,(H,31,37)(H,30,32,33)/b6-5+. The molecule has 0 unspecified atom stereocenters. The van der Waals surface area contributed by atoms with Crippen LogP contribution in [0.3, 0.4) is 0 Å². The van der Waals surface area contributed by atoms with Gasteiger partial charge in [0.2, 0.25) is 17.7 Å². The van der Waals surface area contributed by atoms with Crippen LogP contribution in [0.4, 0.5) is 23.0 Å². The molecule has 1 saturated heterocycles. The van der Waals surface area contributed by atoms with Crippen molar-refractivity contribution in [2.24, 2.45) is 0 Å². The van der Waals surface area contributed by atoms with Gasteiger partial charge in [-0.2, -0.15) is 4.98 Å². The van der Waals surface area contributed by atoms with Crippen molar-refractivity contribution in [2.75, 3.05) is 76.5 Å². The first-order valence-corrected chi connectivity index (χ1v) is 13.0. The number of carbonyl (C=O) groups is 1. The number of rotatable bonds is 10. The molecule has 0 atom stereocenters. The quantitative estimate of drug-likeness (QED) is 0.353. The molecule has 2 aromatic carbocycles. The molecule has 2 N–H and O–H groups in total. The van der Waals surface area contributed by atoms with Gasteiger partial charge in [0.1, 0.15) is 16.5 Å². The van der Waals surface area contributed by atoms with Crippen LogP contribution in [-0.4, -0.2) is 86.7 Å². The maximum absolute atomic E-state index is 12.1. The predicted octanol–water partition coefficient (Wildman–Crippen LogP) is 4.48. The molecule has 0 radical (unpaired) electrons. The summed E-state index contributed by atoms with van der Waals surface area (Å²) < 4.78 is 11.5. The number of anilines is 4. The molecule has 1 aromatic heterocycles. The molecule has 0 saturated carbocycles. The second-order valence-electron chi connectivity index (χ2n) is 9.43. The van der Waals surface area contributed by atoms with Crippen LogP contribution in [0, 0.1) is 0 Å². The maximum atomic E-state index is 12.1. The van der Waals surface area contributed by atoms with Crippen molar-refractivity contribution >= 4 is 40.5 Å². The minimum Gasteiger partial charge on any atom is -0.494 e. The summed E-state index contributed by atoms with van der Waals surface area (Å²) in [7, 11) is 7.65. The normalized spacial score (nSPS) is 14.1. The Balaban J connectivity index is 1.41. The van der Waals surface area contributed by atoms with Crippen LogP contribution in [-0.2, 0) is 4.79 Å². The number of halogens is 1. The second-order valence-corrected chi connectivity index (χ2v) is 9.83. The summed E-state index contributed by atoms with van der Waals surface area (Å²) in [5.74, 6) is 1.50. The van der Waals surface area contributed by atoms with E-state index in [-0.39, 0.29) is 16.8 Å². The predicted molar refractivity (Wildman–Crippen MR) is 156 cm³/mol. The molecule has 2 heterocycles. The average molecular weight is 552 g/mol. The lowest BCUT2D eigenvalue weighted by Gasteiger charge is -2.34. The summed E-state index contributed by atoms with van der Waals surface area (Å²) in [5, 5.41) is 6.28. The van der Waals surface area contributed by atoms with Gasteiger partial charge >= 0.3 is 0 Å². The van der Waals surface area contributed by atoms with Crippen LogP contribution < -0.4 is 25.0 Å². The van der Waals surface area contributed by atoms with E-state index in [1.807, 2.05) is 31.1 Å². The van der Waals surface area contributed by atoms with E-state index in [0.29, 0.717) is 29.7 Å². The zero-order valence-electron chi connectivity index (χ0n) is 22.6. The fraction of sp³-hybridized carbons (Fsp3) is 0.321. The van der Waals surface area contributed by atoms with Gasteiger partial charge in [-0.25, -0.2) is 4.98 Å². The van der Waals surface area contributed by atoms with Crippen molar-refractivity contribution in [3.8, 4) is 17.4 Å². The summed E-state index contributed by atoms with van der Waals surface area (Å²) in [4.78, 5) is 27.4. The minimum absolute atomic E-state index is 0.200. The SMILES string of the molecule is COc1cc(N2CCN(C)CC2)ccc1Nc1ncc(Cl)c(Oc2ccc(NC(=O)/C=C/CN(C)C)cc2)n1. The highest BCUT2D eigenvalue weighted by Crippen LogP contribution is 2.33. The lowest BCUT2D eigenvalue weighted by molar-refractivity contribution is -0.111. The molecule has 206 valence electrons. The minimum atomic E-state index is -0.202. The monoisotopic (exact) mass is 551 g/mol. The van der Waals surface area contributed by atoms with Crippen LogP contribution >= 0.6 is 11.6 Å². The molecular weight excluding hydrogens is 518 g/mol. The van der Waals surface area contributed by atoms with Gasteiger partial charge in [-0.1, -0.05) is 17.7 Å². The summed E-state index contributed by atoms with van der Waals surface area (Å²) >= 11 is 6.32. The average Bonchev–Trinajstić information content (AvgIpc) is 2.92. The van der Waals surface area contributed by atoms with E-state index >= 15 is 0 Å². The zero-order chi connectivity index (χ0) is 27.8. The molecule has 1 aliphatic rings. The number of benzene rings is 2. The van der Waals surface area contributed by atoms with Gasteiger partial charge in [0.15, 0.2) is 0 Å². The third kappa shape index (κ3) is 8.06. The summed E-state index contributed by atoms with van der Waals surface area (Å²) in [6, 6.07) is 13.0. The Morgan fingerprint density at radius 1 is 1.13 bits per heavy atom. The second kappa shape index (κ2) is 13.3. The molecule has 10 nitrogen and oxygen atoms in total. The molecule has 11 heteroatoms. The van der Waals surface area contributed by atoms with Crippen molar-refractivity contribution in [3.63, 3.8) is 0 Å². The molecular formula is C28H34ClN7O3. The highest BCUT2D eigenvalue weighted by molar-refractivity contribution is 6.31. The van der Waals surface area contributed by atoms with Gasteiger partial charge in [0.05, 0.1) is 19.0 Å². The number of likely N-dealkylation sites (N-methyl/N-ethyl adjacent to an activating group) is 2. The lowest BCUT2D eigenvalue weighted by Crippen LogP contribution is -2.44. The smallest absolute Gasteiger partial charge is 0.248 e. The van der Waals surface area contributed by atoms with E-state index in [2.05, 4.69) is 43.5 Å². The van der Waals surface area contributed by atoms with Crippen LogP contribution in [0.15, 0.2) is 60.8 Å². The van der Waals surface area contributed by atoms with Crippen LogP contribution in [0.25, 0.3) is 0 Å². The molecule has 0 spiro atoms. The van der Waals surface area contributed by atoms with Crippen molar-refractivity contribution < 1.29 is 14.3 Å². The topological polar surface area (TPSA) is 95.1 Å². The molecule has 1 amide bonds. The van der Waals surface area contributed by atoms with E-state index < -0.39 is 0 Å². The molecule has 4 rings (SSSR count). The van der Waals surface area contributed by atoms with Gasteiger partial charge in [-0.15, -0.1) is 0 Å². The van der Waals surface area contributed by atoms with Gasteiger partial charge < -0.3 is 34.8 Å². The number of hydrogen-bond donors (Lipinski definition) is 2. The summed E-state index contributed by atoms with van der Waals surface area (Å²) in [5.41, 5.74) is 2.48. The number of carbonyl (C=O) groups excluding carboxylic acids is 1. The number of nitrogens with zero attached hydrogens (tertiary/aromatic N) is 5. The lowest BCUT2D eigenvalue weighted by atomic mass is 10.2. The zero-order valence-corrected chi connectivity index (χ0v) is 23.4. The van der Waals surface area contributed by atoms with Crippen LogP contribution in [0.1, 0.15) is 0 Å². The molecule has 0 aliphatic carbocycles. The number of ether oxygens (including phenoxy) is 2. The first-order chi connectivity index (χ1) is 18.8. The van der Waals surface area contributed by atoms with E-state index in [4.69, 9.17) is 21.1 Å². The van der Waals surface area contributed by atoms with Crippen molar-refractivity contribution in [1.82, 2.24) is 19.8 Å². The molecule has 3 aromatic rings. The number of aromatic nitrogens is 2. The van der Waals surface area contributed by atoms with Gasteiger partial charge in [0.25, 0.3) is 0 Å². The fourth-order valence-corrected chi connectivity index (χ4v) is 4.05. The number of piperazine rings is 1. The third-order valence-corrected chi connectivity index (χ3v) is 6.35. The maximum Gasteiger partial charge on any atom is 0.248 e. The molecule has 39 heavy (non-hydrogen) atoms. The fourth-order valence-electron chi connectivity index (χ4n) is 3.92. The van der Waals surface area contributed by atoms with Gasteiger partial charge in [-0.05, 0) is 57.5 Å². The first kappa shape index (κ1) is 28.2. The highest BCUT2D eigenvalue weighted by atomic mass is 35.5. The van der Waals surface area contributed by atoms with Crippen LogP contribution in [0.5, 0.6) is 17.4 Å². The van der Waals surface area contributed by atoms with Gasteiger partial charge in [-0.3, -0.25) is 4.79 Å². The summed E-state index contributed by atoms with van der Waals surface area (Å²) in [6.45, 7) is 4.67. The van der Waals surface area contributed by atoms with Crippen LogP contribution in [0.2, 0.25) is 5.02 Å². The van der Waals surface area contributed by atoms with Crippen molar-refractivity contribution in [2.45, 2.75) is 0 Å². The Labute approximate surface area is 234 Å². The van der Waals surface area contributed by atoms with Crippen molar-refractivity contribution in [3.05, 3.63) is 65.8 Å². The Hall–Kier alpha value is -3.86. The van der Waals surface area contributed by atoms with Crippen molar-refractivity contribution in [1.29, 1.82) is 0 Å². The Kier molecular flexibility index (Phi) is 9.59. The number of hydrogen-bond acceptors (Lipinski definition) is 9. The molecule has 0 bridgehead atoms. The Morgan fingerprint density at radius 2 is 1.87 bits per heavy atom. The number of methoxy groups -OCH3 is 1.